The Morgan fingerprint density at radius 2 is 1.86 bits per heavy atom. The Morgan fingerprint density at radius 3 is 2.48 bits per heavy atom. The maximum atomic E-state index is 10.2. The summed E-state index contributed by atoms with van der Waals surface area (Å²) in [5.74, 6) is 0.484. The lowest BCUT2D eigenvalue weighted by atomic mass is 9.99. The van der Waals surface area contributed by atoms with Crippen LogP contribution in [0.1, 0.15) is 6.92 Å². The zero-order chi connectivity index (χ0) is 15.4. The first-order valence-corrected chi connectivity index (χ1v) is 6.79. The molecule has 1 saturated heterocycles. The van der Waals surface area contributed by atoms with Gasteiger partial charge in [0.15, 0.2) is 0 Å². The fourth-order valence-electron chi connectivity index (χ4n) is 2.16. The van der Waals surface area contributed by atoms with Gasteiger partial charge < -0.3 is 35.3 Å². The van der Waals surface area contributed by atoms with Gasteiger partial charge in [0.2, 0.25) is 6.29 Å². The Labute approximate surface area is 122 Å². The normalized spacial score (nSPS) is 32.9. The van der Waals surface area contributed by atoms with Crippen molar-refractivity contribution in [3.8, 4) is 5.75 Å². The van der Waals surface area contributed by atoms with Crippen LogP contribution in [0.4, 0.5) is 5.69 Å². The van der Waals surface area contributed by atoms with Crippen molar-refractivity contribution in [1.82, 2.24) is 0 Å². The molecule has 1 aliphatic heterocycles. The lowest BCUT2D eigenvalue weighted by Gasteiger charge is -2.41. The minimum Gasteiger partial charge on any atom is -0.462 e. The van der Waals surface area contributed by atoms with E-state index in [1.54, 1.807) is 31.2 Å². The fourth-order valence-corrected chi connectivity index (χ4v) is 2.16. The van der Waals surface area contributed by atoms with Crippen molar-refractivity contribution in [1.29, 1.82) is 0 Å². The molecule has 2 rings (SSSR count). The summed E-state index contributed by atoms with van der Waals surface area (Å²) in [7, 11) is 0. The number of anilines is 1. The molecule has 0 bridgehead atoms. The zero-order valence-electron chi connectivity index (χ0n) is 11.8. The van der Waals surface area contributed by atoms with E-state index in [0.717, 1.165) is 0 Å². The second kappa shape index (κ2) is 7.06. The summed E-state index contributed by atoms with van der Waals surface area (Å²) in [6.07, 6.45) is -4.62. The number of aliphatic hydroxyl groups is 3. The molecular formula is C14H21NO6. The molecule has 0 amide bonds. The van der Waals surface area contributed by atoms with Crippen LogP contribution >= 0.6 is 0 Å². The average Bonchev–Trinajstić information content (AvgIpc) is 2.47. The molecule has 1 heterocycles. The molecule has 5 atom stereocenters. The molecule has 1 aromatic carbocycles. The molecule has 21 heavy (non-hydrogen) atoms. The summed E-state index contributed by atoms with van der Waals surface area (Å²) in [5.41, 5.74) is 6.19. The van der Waals surface area contributed by atoms with Gasteiger partial charge in [-0.2, -0.15) is 0 Å². The molecule has 0 aliphatic carbocycles. The van der Waals surface area contributed by atoms with Gasteiger partial charge in [0.1, 0.15) is 24.1 Å². The van der Waals surface area contributed by atoms with Gasteiger partial charge >= 0.3 is 0 Å². The van der Waals surface area contributed by atoms with Crippen molar-refractivity contribution in [2.24, 2.45) is 0 Å². The molecule has 0 radical (unpaired) electrons. The minimum atomic E-state index is -1.18. The number of rotatable bonds is 5. The summed E-state index contributed by atoms with van der Waals surface area (Å²) >= 11 is 0. The van der Waals surface area contributed by atoms with Crippen LogP contribution in [-0.4, -0.2) is 59.2 Å². The van der Waals surface area contributed by atoms with Gasteiger partial charge in [-0.15, -0.1) is 0 Å². The summed E-state index contributed by atoms with van der Waals surface area (Å²) < 4.78 is 16.3. The molecule has 118 valence electrons. The predicted octanol–water partition coefficient (Wildman–Crippen LogP) is -0.508. The third-order valence-electron chi connectivity index (χ3n) is 3.32. The summed E-state index contributed by atoms with van der Waals surface area (Å²) in [5, 5.41) is 29.0. The molecule has 0 spiro atoms. The van der Waals surface area contributed by atoms with E-state index in [2.05, 4.69) is 0 Å². The van der Waals surface area contributed by atoms with Crippen LogP contribution in [0.5, 0.6) is 5.75 Å². The van der Waals surface area contributed by atoms with Crippen molar-refractivity contribution < 1.29 is 29.5 Å². The summed E-state index contributed by atoms with van der Waals surface area (Å²) in [6.45, 7) is 1.47. The van der Waals surface area contributed by atoms with Crippen LogP contribution in [0.3, 0.4) is 0 Å². The zero-order valence-corrected chi connectivity index (χ0v) is 11.8. The Balaban J connectivity index is 2.06. The third-order valence-corrected chi connectivity index (χ3v) is 3.32. The summed E-state index contributed by atoms with van der Waals surface area (Å²) in [4.78, 5) is 0. The minimum absolute atomic E-state index is 0.0140. The third kappa shape index (κ3) is 3.84. The average molecular weight is 299 g/mol. The van der Waals surface area contributed by atoms with Crippen molar-refractivity contribution in [3.05, 3.63) is 24.3 Å². The Hall–Kier alpha value is -1.38. The number of hydrogen-bond donors (Lipinski definition) is 4. The SMILES string of the molecule is CC1OC(Oc2ccc(N)cc2)C(O)C(OCCO)C1O. The quantitative estimate of drug-likeness (QED) is 0.541. The topological polar surface area (TPSA) is 114 Å². The van der Waals surface area contributed by atoms with Crippen molar-refractivity contribution in [2.75, 3.05) is 18.9 Å². The molecule has 1 fully saturated rings. The predicted molar refractivity (Wildman–Crippen MR) is 74.7 cm³/mol. The van der Waals surface area contributed by atoms with Crippen molar-refractivity contribution in [3.63, 3.8) is 0 Å². The highest BCUT2D eigenvalue weighted by Crippen LogP contribution is 2.26. The molecule has 0 saturated carbocycles. The highest BCUT2D eigenvalue weighted by molar-refractivity contribution is 5.41. The number of ether oxygens (including phenoxy) is 3. The number of nitrogen functional groups attached to an aromatic ring is 1. The second-order valence-electron chi connectivity index (χ2n) is 4.94. The lowest BCUT2D eigenvalue weighted by molar-refractivity contribution is -0.277. The van der Waals surface area contributed by atoms with E-state index in [1.807, 2.05) is 0 Å². The van der Waals surface area contributed by atoms with Crippen LogP contribution < -0.4 is 10.5 Å². The number of nitrogens with two attached hydrogens (primary N) is 1. The second-order valence-corrected chi connectivity index (χ2v) is 4.94. The molecule has 1 aliphatic rings. The van der Waals surface area contributed by atoms with Crippen LogP contribution in [-0.2, 0) is 9.47 Å². The standard InChI is InChI=1S/C14H21NO6/c1-8-11(17)13(19-7-6-16)12(18)14(20-8)21-10-4-2-9(15)3-5-10/h2-5,8,11-14,16-18H,6-7,15H2,1H3. The molecule has 5 N–H and O–H groups in total. The molecule has 1 aromatic rings. The van der Waals surface area contributed by atoms with E-state index >= 15 is 0 Å². The van der Waals surface area contributed by atoms with Crippen LogP contribution in [0.2, 0.25) is 0 Å². The van der Waals surface area contributed by atoms with E-state index in [1.165, 1.54) is 0 Å². The highest BCUT2D eigenvalue weighted by atomic mass is 16.7. The van der Waals surface area contributed by atoms with Crippen molar-refractivity contribution >= 4 is 5.69 Å². The molecule has 5 unspecified atom stereocenters. The Kier molecular flexibility index (Phi) is 5.38. The first-order valence-electron chi connectivity index (χ1n) is 6.79. The molecule has 0 aromatic heterocycles. The van der Waals surface area contributed by atoms with Gasteiger partial charge in [-0.3, -0.25) is 0 Å². The monoisotopic (exact) mass is 299 g/mol. The number of benzene rings is 1. The van der Waals surface area contributed by atoms with E-state index in [9.17, 15) is 10.2 Å². The Morgan fingerprint density at radius 1 is 1.19 bits per heavy atom. The van der Waals surface area contributed by atoms with Gasteiger partial charge in [0, 0.05) is 5.69 Å². The van der Waals surface area contributed by atoms with Crippen LogP contribution in [0, 0.1) is 0 Å². The molecule has 7 heteroatoms. The van der Waals surface area contributed by atoms with Crippen molar-refractivity contribution in [2.45, 2.75) is 37.6 Å². The maximum absolute atomic E-state index is 10.2. The largest absolute Gasteiger partial charge is 0.462 e. The van der Waals surface area contributed by atoms with Gasteiger partial charge in [-0.25, -0.2) is 0 Å². The van der Waals surface area contributed by atoms with E-state index in [-0.39, 0.29) is 13.2 Å². The van der Waals surface area contributed by atoms with Gasteiger partial charge in [0.05, 0.1) is 19.3 Å². The van der Waals surface area contributed by atoms with E-state index < -0.39 is 30.7 Å². The highest BCUT2D eigenvalue weighted by Gasteiger charge is 2.44. The smallest absolute Gasteiger partial charge is 0.229 e. The van der Waals surface area contributed by atoms with Crippen LogP contribution in [0.25, 0.3) is 0 Å². The first-order chi connectivity index (χ1) is 10.0. The number of aliphatic hydroxyl groups excluding tert-OH is 3. The van der Waals surface area contributed by atoms with Crippen LogP contribution in [0.15, 0.2) is 24.3 Å². The Bertz CT molecular complexity index is 440. The molecule has 7 nitrogen and oxygen atoms in total. The number of hydrogen-bond acceptors (Lipinski definition) is 7. The van der Waals surface area contributed by atoms with E-state index in [4.69, 9.17) is 25.1 Å². The summed E-state index contributed by atoms with van der Waals surface area (Å²) in [6, 6.07) is 6.65. The van der Waals surface area contributed by atoms with Gasteiger partial charge in [-0.1, -0.05) is 0 Å². The lowest BCUT2D eigenvalue weighted by Crippen LogP contribution is -2.59. The maximum Gasteiger partial charge on any atom is 0.229 e. The van der Waals surface area contributed by atoms with Gasteiger partial charge in [0.25, 0.3) is 0 Å². The first kappa shape index (κ1) is 16.0. The fraction of sp³-hybridized carbons (Fsp3) is 0.571. The van der Waals surface area contributed by atoms with E-state index in [0.29, 0.717) is 11.4 Å². The van der Waals surface area contributed by atoms with Gasteiger partial charge in [-0.05, 0) is 31.2 Å². The molecular weight excluding hydrogens is 278 g/mol.